The fourth-order valence-electron chi connectivity index (χ4n) is 2.76. The molecule has 1 aliphatic rings. The second kappa shape index (κ2) is 4.86. The van der Waals surface area contributed by atoms with Crippen molar-refractivity contribution in [2.75, 3.05) is 0 Å². The number of carbonyl (C=O) groups is 1. The Morgan fingerprint density at radius 2 is 1.95 bits per heavy atom. The Kier molecular flexibility index (Phi) is 3.23. The number of nitrogens with zero attached hydrogens (tertiary/aromatic N) is 1. The minimum Gasteiger partial charge on any atom is -0.493 e. The Bertz CT molecular complexity index is 767. The van der Waals surface area contributed by atoms with Gasteiger partial charge < -0.3 is 10.2 Å². The maximum absolute atomic E-state index is 13.5. The van der Waals surface area contributed by atoms with Crippen LogP contribution in [-0.4, -0.2) is 21.2 Å². The zero-order chi connectivity index (χ0) is 16.1. The average Bonchev–Trinajstić information content (AvgIpc) is 2.33. The highest BCUT2D eigenvalue weighted by Crippen LogP contribution is 2.45. The van der Waals surface area contributed by atoms with Gasteiger partial charge in [-0.05, 0) is 30.4 Å². The number of rotatable bonds is 2. The third-order valence-electron chi connectivity index (χ3n) is 4.06. The maximum Gasteiger partial charge on any atom is 0.418 e. The van der Waals surface area contributed by atoms with Gasteiger partial charge in [0.25, 0.3) is 0 Å². The molecule has 1 aliphatic carbocycles. The number of aromatic hydroxyl groups is 1. The first kappa shape index (κ1) is 14.6. The van der Waals surface area contributed by atoms with Crippen molar-refractivity contribution in [2.45, 2.75) is 31.4 Å². The van der Waals surface area contributed by atoms with E-state index in [1.165, 1.54) is 12.1 Å². The summed E-state index contributed by atoms with van der Waals surface area (Å²) in [6.45, 7) is 0. The molecular weight excluding hydrogens is 299 g/mol. The molecule has 0 atom stereocenters. The Labute approximate surface area is 123 Å². The van der Waals surface area contributed by atoms with E-state index in [0.29, 0.717) is 12.8 Å². The molecular formula is C15H12F3NO3. The van der Waals surface area contributed by atoms with E-state index in [0.717, 1.165) is 12.5 Å². The van der Waals surface area contributed by atoms with Gasteiger partial charge in [-0.2, -0.15) is 13.2 Å². The lowest BCUT2D eigenvalue weighted by Crippen LogP contribution is -2.17. The number of hydrogen-bond acceptors (Lipinski definition) is 3. The first-order chi connectivity index (χ1) is 10.3. The minimum absolute atomic E-state index is 0.0469. The highest BCUT2D eigenvalue weighted by atomic mass is 19.4. The van der Waals surface area contributed by atoms with Gasteiger partial charge in [-0.1, -0.05) is 18.6 Å². The monoisotopic (exact) mass is 311 g/mol. The van der Waals surface area contributed by atoms with E-state index in [2.05, 4.69) is 4.98 Å². The highest BCUT2D eigenvalue weighted by Gasteiger charge is 2.39. The van der Waals surface area contributed by atoms with E-state index in [4.69, 9.17) is 5.11 Å². The average molecular weight is 311 g/mol. The molecule has 0 radical (unpaired) electrons. The standard InChI is InChI=1S/C15H12F3NO3/c16-15(17,18)11-9(7-2-1-3-7)5-4-8-6-10(14(21)22)13(20)19-12(8)11/h4-7H,1-3H2,(H,19,20)(H,21,22). The molecule has 0 aliphatic heterocycles. The van der Waals surface area contributed by atoms with Crippen molar-refractivity contribution in [3.8, 4) is 5.88 Å². The van der Waals surface area contributed by atoms with Gasteiger partial charge in [0.15, 0.2) is 0 Å². The van der Waals surface area contributed by atoms with Crippen LogP contribution in [0, 0.1) is 0 Å². The van der Waals surface area contributed by atoms with Gasteiger partial charge in [0.1, 0.15) is 5.56 Å². The first-order valence-electron chi connectivity index (χ1n) is 6.76. The minimum atomic E-state index is -4.62. The van der Waals surface area contributed by atoms with E-state index in [-0.39, 0.29) is 16.9 Å². The molecule has 1 aromatic heterocycles. The molecule has 2 aromatic rings. The number of halogens is 3. The third kappa shape index (κ3) is 2.26. The van der Waals surface area contributed by atoms with Crippen LogP contribution in [0.2, 0.25) is 0 Å². The number of hydrogen-bond donors (Lipinski definition) is 2. The van der Waals surface area contributed by atoms with Crippen LogP contribution in [0.25, 0.3) is 10.9 Å². The van der Waals surface area contributed by atoms with Crippen LogP contribution in [0.4, 0.5) is 13.2 Å². The van der Waals surface area contributed by atoms with Crippen molar-refractivity contribution < 1.29 is 28.2 Å². The first-order valence-corrected chi connectivity index (χ1v) is 6.76. The molecule has 0 spiro atoms. The Balaban J connectivity index is 2.32. The van der Waals surface area contributed by atoms with Crippen LogP contribution >= 0.6 is 0 Å². The lowest BCUT2D eigenvalue weighted by molar-refractivity contribution is -0.137. The molecule has 1 fully saturated rings. The molecule has 7 heteroatoms. The number of aromatic carboxylic acids is 1. The maximum atomic E-state index is 13.5. The predicted molar refractivity (Wildman–Crippen MR) is 72.0 cm³/mol. The number of aromatic nitrogens is 1. The summed E-state index contributed by atoms with van der Waals surface area (Å²) in [6.07, 6.45) is -2.35. The lowest BCUT2D eigenvalue weighted by atomic mass is 9.77. The van der Waals surface area contributed by atoms with Gasteiger partial charge in [0.2, 0.25) is 5.88 Å². The van der Waals surface area contributed by atoms with Gasteiger partial charge in [0.05, 0.1) is 11.1 Å². The SMILES string of the molecule is O=C(O)c1cc2ccc(C3CCC3)c(C(F)(F)F)c2nc1O. The summed E-state index contributed by atoms with van der Waals surface area (Å²) in [5.41, 5.74) is -1.63. The van der Waals surface area contributed by atoms with Crippen molar-refractivity contribution >= 4 is 16.9 Å². The summed E-state index contributed by atoms with van der Waals surface area (Å²) in [4.78, 5) is 14.5. The van der Waals surface area contributed by atoms with Crippen LogP contribution in [0.5, 0.6) is 5.88 Å². The van der Waals surface area contributed by atoms with Crippen LogP contribution in [0.3, 0.4) is 0 Å². The van der Waals surface area contributed by atoms with Gasteiger partial charge in [-0.25, -0.2) is 9.78 Å². The molecule has 22 heavy (non-hydrogen) atoms. The van der Waals surface area contributed by atoms with Crippen LogP contribution < -0.4 is 0 Å². The van der Waals surface area contributed by atoms with Crippen LogP contribution in [0.15, 0.2) is 18.2 Å². The van der Waals surface area contributed by atoms with E-state index in [1.807, 2.05) is 0 Å². The second-order valence-corrected chi connectivity index (χ2v) is 5.39. The molecule has 4 nitrogen and oxygen atoms in total. The van der Waals surface area contributed by atoms with Gasteiger partial charge in [-0.3, -0.25) is 0 Å². The summed E-state index contributed by atoms with van der Waals surface area (Å²) in [5, 5.41) is 18.6. The normalized spacial score (nSPS) is 15.8. The summed E-state index contributed by atoms with van der Waals surface area (Å²) in [5.74, 6) is -2.51. The fourth-order valence-corrected chi connectivity index (χ4v) is 2.76. The topological polar surface area (TPSA) is 70.4 Å². The highest BCUT2D eigenvalue weighted by molar-refractivity contribution is 5.96. The van der Waals surface area contributed by atoms with Gasteiger partial charge in [0, 0.05) is 5.39 Å². The van der Waals surface area contributed by atoms with Gasteiger partial charge >= 0.3 is 12.1 Å². The zero-order valence-corrected chi connectivity index (χ0v) is 11.3. The molecule has 1 heterocycles. The number of fused-ring (bicyclic) bond motifs is 1. The van der Waals surface area contributed by atoms with Gasteiger partial charge in [-0.15, -0.1) is 0 Å². The summed E-state index contributed by atoms with van der Waals surface area (Å²) in [6, 6.07) is 3.83. The molecule has 3 rings (SSSR count). The Morgan fingerprint density at radius 3 is 2.45 bits per heavy atom. The number of benzene rings is 1. The van der Waals surface area contributed by atoms with Crippen molar-refractivity contribution in [1.82, 2.24) is 4.98 Å². The van der Waals surface area contributed by atoms with E-state index in [1.54, 1.807) is 0 Å². The third-order valence-corrected chi connectivity index (χ3v) is 4.06. The smallest absolute Gasteiger partial charge is 0.418 e. The molecule has 116 valence electrons. The van der Waals surface area contributed by atoms with E-state index < -0.39 is 34.7 Å². The van der Waals surface area contributed by atoms with E-state index in [9.17, 15) is 23.1 Å². The fraction of sp³-hybridized carbons (Fsp3) is 0.333. The largest absolute Gasteiger partial charge is 0.493 e. The summed E-state index contributed by atoms with van der Waals surface area (Å²) in [7, 11) is 0. The summed E-state index contributed by atoms with van der Waals surface area (Å²) < 4.78 is 40.4. The molecule has 1 aromatic carbocycles. The van der Waals surface area contributed by atoms with Crippen molar-refractivity contribution in [3.63, 3.8) is 0 Å². The Morgan fingerprint density at radius 1 is 1.27 bits per heavy atom. The molecule has 1 saturated carbocycles. The zero-order valence-electron chi connectivity index (χ0n) is 11.3. The molecule has 2 N–H and O–H groups in total. The quantitative estimate of drug-likeness (QED) is 0.881. The summed E-state index contributed by atoms with van der Waals surface area (Å²) >= 11 is 0. The van der Waals surface area contributed by atoms with Crippen LogP contribution in [-0.2, 0) is 6.18 Å². The number of pyridine rings is 1. The van der Waals surface area contributed by atoms with Crippen molar-refractivity contribution in [3.05, 3.63) is 34.9 Å². The predicted octanol–water partition coefficient (Wildman–Crippen LogP) is 3.92. The Hall–Kier alpha value is -2.31. The van der Waals surface area contributed by atoms with E-state index >= 15 is 0 Å². The molecule has 0 amide bonds. The number of carboxylic acids is 1. The molecule has 0 bridgehead atoms. The van der Waals surface area contributed by atoms with Crippen LogP contribution in [0.1, 0.15) is 46.7 Å². The second-order valence-electron chi connectivity index (χ2n) is 5.39. The number of alkyl halides is 3. The number of carboxylic acid groups (broad SMARTS) is 1. The van der Waals surface area contributed by atoms with Crippen molar-refractivity contribution in [2.24, 2.45) is 0 Å². The lowest BCUT2D eigenvalue weighted by Gasteiger charge is -2.29. The molecule has 0 unspecified atom stereocenters. The molecule has 0 saturated heterocycles. The van der Waals surface area contributed by atoms with Crippen molar-refractivity contribution in [1.29, 1.82) is 0 Å².